The molecule has 0 saturated heterocycles. The summed E-state index contributed by atoms with van der Waals surface area (Å²) in [5.74, 6) is 0. The molecule has 0 aliphatic rings. The molecule has 6 heavy (non-hydrogen) atoms. The van der Waals surface area contributed by atoms with Gasteiger partial charge in [0.25, 0.3) is 0 Å². The second kappa shape index (κ2) is 56.8. The van der Waals surface area contributed by atoms with Crippen molar-refractivity contribution in [2.75, 3.05) is 0 Å². The van der Waals surface area contributed by atoms with E-state index in [2.05, 4.69) is 0 Å². The Labute approximate surface area is 82.2 Å². The van der Waals surface area contributed by atoms with Crippen LogP contribution in [0.3, 0.4) is 0 Å². The second-order valence-electron chi connectivity index (χ2n) is 0. The zero-order valence-corrected chi connectivity index (χ0v) is 7.14. The van der Waals surface area contributed by atoms with E-state index in [4.69, 9.17) is 4.57 Å². The Morgan fingerprint density at radius 3 is 1.17 bits per heavy atom. The molecule has 0 heterocycles. The first-order chi connectivity index (χ1) is 1.00. The molecule has 0 saturated carbocycles. The van der Waals surface area contributed by atoms with Crippen LogP contribution in [-0.4, -0.2) is 18.9 Å². The third-order valence-corrected chi connectivity index (χ3v) is 0. The van der Waals surface area contributed by atoms with E-state index < -0.39 is 0 Å². The average molecular weight is 227 g/mol. The number of hydrogen-bond donors (Lipinski definition) is 0. The van der Waals surface area contributed by atoms with Gasteiger partial charge in [-0.1, -0.05) is 0 Å². The van der Waals surface area contributed by atoms with Crippen molar-refractivity contribution >= 4 is 28.0 Å². The average Bonchev–Trinajstić information content (AvgIpc) is 1.00. The Hall–Kier alpha value is 2.22. The minimum Gasteiger partial charge on any atom is -0.279 e. The fourth-order valence-electron chi connectivity index (χ4n) is 0. The zero-order chi connectivity index (χ0) is 2.00. The van der Waals surface area contributed by atoms with Gasteiger partial charge in [0.1, 0.15) is 9.12 Å². The summed E-state index contributed by atoms with van der Waals surface area (Å²) in [7, 11) is 1.72. The van der Waals surface area contributed by atoms with E-state index in [0.717, 1.165) is 0 Å². The fourth-order valence-corrected chi connectivity index (χ4v) is 0. The van der Waals surface area contributed by atoms with Gasteiger partial charge in [0.05, 0.1) is 0 Å². The van der Waals surface area contributed by atoms with Crippen LogP contribution in [-0.2, 0) is 54.9 Å². The van der Waals surface area contributed by atoms with Gasteiger partial charge in [-0.2, -0.15) is 0 Å². The van der Waals surface area contributed by atoms with Crippen LogP contribution in [0.2, 0.25) is 0 Å². The quantitative estimate of drug-likeness (QED) is 0.423. The smallest absolute Gasteiger partial charge is 0.138 e. The molecule has 0 amide bonds. The predicted octanol–water partition coefficient (Wildman–Crippen LogP) is 0.0864. The van der Waals surface area contributed by atoms with Gasteiger partial charge < -0.3 is 0 Å². The first kappa shape index (κ1) is 41.4. The second-order valence-corrected chi connectivity index (χ2v) is 0. The summed E-state index contributed by atoms with van der Waals surface area (Å²) in [4.78, 5) is 0. The van der Waals surface area contributed by atoms with Crippen molar-refractivity contribution in [3.05, 3.63) is 0 Å². The molecule has 0 N–H and O–H groups in total. The predicted molar refractivity (Wildman–Crippen MR) is 14.8 cm³/mol. The maximum absolute atomic E-state index is 8.06. The van der Waals surface area contributed by atoms with Crippen LogP contribution in [0.1, 0.15) is 0 Å². The Morgan fingerprint density at radius 1 is 1.17 bits per heavy atom. The summed E-state index contributed by atoms with van der Waals surface area (Å²) >= 11 is 0. The van der Waals surface area contributed by atoms with Gasteiger partial charge in [-0.3, -0.25) is 4.57 Å². The molecule has 0 bridgehead atoms. The molecule has 1 nitrogen and oxygen atoms in total. The van der Waals surface area contributed by atoms with E-state index in [1.54, 1.807) is 9.12 Å². The van der Waals surface area contributed by atoms with Crippen molar-refractivity contribution in [2.45, 2.75) is 0 Å². The molecule has 39 valence electrons. The van der Waals surface area contributed by atoms with Crippen molar-refractivity contribution in [1.29, 1.82) is 0 Å². The summed E-state index contributed by atoms with van der Waals surface area (Å²) in [6.45, 7) is 0. The first-order valence-corrected chi connectivity index (χ1v) is 0.612. The summed E-state index contributed by atoms with van der Waals surface area (Å²) < 4.78 is 8.06. The summed E-state index contributed by atoms with van der Waals surface area (Å²) in [5, 5.41) is 0. The maximum atomic E-state index is 8.06. The fraction of sp³-hybridized carbons (Fsp3) is 0. The van der Waals surface area contributed by atoms with E-state index in [1.807, 2.05) is 0 Å². The van der Waals surface area contributed by atoms with Crippen LogP contribution < -0.4 is 0 Å². The van der Waals surface area contributed by atoms with Crippen LogP contribution in [0.5, 0.6) is 0 Å². The molecular formula is HCoLiMnNiOP. The minimum atomic E-state index is 0. The number of rotatable bonds is 0. The minimum absolute atomic E-state index is 0. The standard InChI is InChI=1S/Co.Li.Mn.Ni.HOP/c;;;;1-2/h;;;;2H. The van der Waals surface area contributed by atoms with Crippen LogP contribution >= 0.6 is 9.12 Å². The third kappa shape index (κ3) is 34.4. The van der Waals surface area contributed by atoms with Gasteiger partial charge in [0, 0.05) is 69.2 Å². The molecule has 0 rings (SSSR count). The molecule has 0 aromatic heterocycles. The molecule has 0 fully saturated rings. The molecule has 0 aliphatic carbocycles. The zero-order valence-electron chi connectivity index (χ0n) is 2.94. The van der Waals surface area contributed by atoms with Crippen molar-refractivity contribution < 1.29 is 54.9 Å². The maximum Gasteiger partial charge on any atom is 0.138 e. The Kier molecular flexibility index (Phi) is 391. The molecule has 0 aliphatic heterocycles. The van der Waals surface area contributed by atoms with Crippen LogP contribution in [0, 0.1) is 0 Å². The van der Waals surface area contributed by atoms with E-state index in [-0.39, 0.29) is 69.2 Å². The van der Waals surface area contributed by atoms with Crippen LogP contribution in [0.25, 0.3) is 0 Å². The van der Waals surface area contributed by atoms with Gasteiger partial charge in [-0.05, 0) is 0 Å². The molecule has 6 heteroatoms. The molecule has 0 aromatic rings. The molecule has 0 atom stereocenters. The van der Waals surface area contributed by atoms with Crippen molar-refractivity contribution in [1.82, 2.24) is 0 Å². The van der Waals surface area contributed by atoms with Crippen LogP contribution in [0.15, 0.2) is 0 Å². The van der Waals surface area contributed by atoms with Crippen molar-refractivity contribution in [3.8, 4) is 0 Å². The Morgan fingerprint density at radius 2 is 1.17 bits per heavy atom. The van der Waals surface area contributed by atoms with E-state index >= 15 is 0 Å². The van der Waals surface area contributed by atoms with Gasteiger partial charge >= 0.3 is 0 Å². The van der Waals surface area contributed by atoms with E-state index in [0.29, 0.717) is 0 Å². The monoisotopic (exact) mass is 227 g/mol. The largest absolute Gasteiger partial charge is 0.279 e. The molecule has 3 radical (unpaired) electrons. The van der Waals surface area contributed by atoms with Crippen LogP contribution in [0.4, 0.5) is 0 Å². The van der Waals surface area contributed by atoms with Gasteiger partial charge in [0.15, 0.2) is 0 Å². The topological polar surface area (TPSA) is 17.1 Å². The summed E-state index contributed by atoms with van der Waals surface area (Å²) in [6.07, 6.45) is 0. The molecular weight excluding hydrogens is 226 g/mol. The molecule has 0 spiro atoms. The van der Waals surface area contributed by atoms with E-state index in [1.165, 1.54) is 0 Å². The van der Waals surface area contributed by atoms with Gasteiger partial charge in [-0.15, -0.1) is 0 Å². The van der Waals surface area contributed by atoms with Crippen molar-refractivity contribution in [3.63, 3.8) is 0 Å². The SMILES string of the molecule is O=P.[Co].[Li].[Mn].[Ni]. The van der Waals surface area contributed by atoms with Gasteiger partial charge in [-0.25, -0.2) is 0 Å². The summed E-state index contributed by atoms with van der Waals surface area (Å²) in [6, 6.07) is 0. The summed E-state index contributed by atoms with van der Waals surface area (Å²) in [5.41, 5.74) is 0. The molecule has 0 aromatic carbocycles. The number of hydrogen-bond acceptors (Lipinski definition) is 1. The van der Waals surface area contributed by atoms with Gasteiger partial charge in [0.2, 0.25) is 0 Å². The van der Waals surface area contributed by atoms with Crippen molar-refractivity contribution in [2.24, 2.45) is 0 Å². The normalized spacial score (nSPS) is 0.667. The first-order valence-electron chi connectivity index (χ1n) is 0.204. The third-order valence-electron chi connectivity index (χ3n) is 0. The molecule has 0 unspecified atom stereocenters. The Balaban J connectivity index is -0.000000000833. The van der Waals surface area contributed by atoms with E-state index in [9.17, 15) is 0 Å². The Bertz CT molecular complexity index is 15.5.